The second kappa shape index (κ2) is 12.1. The fourth-order valence-electron chi connectivity index (χ4n) is 4.16. The minimum absolute atomic E-state index is 0.0759. The molecule has 1 saturated heterocycles. The lowest BCUT2D eigenvalue weighted by Crippen LogP contribution is -2.49. The molecule has 2 atom stereocenters. The molecule has 0 radical (unpaired) electrons. The first-order valence-electron chi connectivity index (χ1n) is 11.4. The molecule has 178 valence electrons. The van der Waals surface area contributed by atoms with E-state index in [1.807, 2.05) is 0 Å². The number of hydrogen-bond donors (Lipinski definition) is 3. The van der Waals surface area contributed by atoms with Crippen molar-refractivity contribution in [2.24, 2.45) is 11.8 Å². The van der Waals surface area contributed by atoms with Crippen molar-refractivity contribution in [2.45, 2.75) is 51.0 Å². The molecule has 2 aliphatic rings. The van der Waals surface area contributed by atoms with Crippen LogP contribution < -0.4 is 16.0 Å². The van der Waals surface area contributed by atoms with Crippen molar-refractivity contribution in [3.8, 4) is 0 Å². The van der Waals surface area contributed by atoms with E-state index in [1.165, 1.54) is 18.5 Å². The van der Waals surface area contributed by atoms with Crippen LogP contribution in [0.2, 0.25) is 0 Å². The highest BCUT2D eigenvalue weighted by molar-refractivity contribution is 5.95. The maximum atomic E-state index is 12.8. The minimum Gasteiger partial charge on any atom is -0.454 e. The van der Waals surface area contributed by atoms with Gasteiger partial charge in [-0.2, -0.15) is 0 Å². The summed E-state index contributed by atoms with van der Waals surface area (Å²) < 4.78 is 5.08. The van der Waals surface area contributed by atoms with E-state index in [4.69, 9.17) is 4.74 Å². The zero-order chi connectivity index (χ0) is 23.6. The first-order chi connectivity index (χ1) is 15.9. The molecule has 0 aromatic carbocycles. The number of nitrogens with zero attached hydrogens (tertiary/aromatic N) is 1. The number of hydrogen-bond acceptors (Lipinski definition) is 7. The third kappa shape index (κ3) is 7.37. The summed E-state index contributed by atoms with van der Waals surface area (Å²) in [5, 5.41) is 7.99. The summed E-state index contributed by atoms with van der Waals surface area (Å²) >= 11 is 0. The molecule has 1 aromatic rings. The third-order valence-electron chi connectivity index (χ3n) is 6.04. The molecule has 0 unspecified atom stereocenters. The molecule has 1 aromatic heterocycles. The topological polar surface area (TPSA) is 144 Å². The minimum atomic E-state index is -1.02. The van der Waals surface area contributed by atoms with Crippen molar-refractivity contribution in [3.05, 3.63) is 30.1 Å². The Bertz CT molecular complexity index is 869. The molecular formula is C23H30N4O6. The van der Waals surface area contributed by atoms with Crippen LogP contribution in [-0.4, -0.2) is 60.2 Å². The summed E-state index contributed by atoms with van der Waals surface area (Å²) in [6.45, 7) is -0.233. The zero-order valence-electron chi connectivity index (χ0n) is 18.5. The lowest BCUT2D eigenvalue weighted by atomic mass is 9.90. The zero-order valence-corrected chi connectivity index (χ0v) is 18.5. The van der Waals surface area contributed by atoms with Crippen LogP contribution in [0, 0.1) is 11.8 Å². The molecule has 3 N–H and O–H groups in total. The number of carbonyl (C=O) groups is 5. The molecular weight excluding hydrogens is 428 g/mol. The molecule has 1 aliphatic carbocycles. The second-order valence-electron chi connectivity index (χ2n) is 8.47. The average Bonchev–Trinajstić information content (AvgIpc) is 3.37. The van der Waals surface area contributed by atoms with Gasteiger partial charge in [0.1, 0.15) is 0 Å². The predicted octanol–water partition coefficient (Wildman–Crippen LogP) is 0.515. The monoisotopic (exact) mass is 458 g/mol. The van der Waals surface area contributed by atoms with Gasteiger partial charge in [-0.25, -0.2) is 4.79 Å². The Morgan fingerprint density at radius 2 is 1.94 bits per heavy atom. The van der Waals surface area contributed by atoms with Crippen LogP contribution >= 0.6 is 0 Å². The van der Waals surface area contributed by atoms with E-state index in [1.54, 1.807) is 6.07 Å². The van der Waals surface area contributed by atoms with Gasteiger partial charge in [-0.3, -0.25) is 24.2 Å². The van der Waals surface area contributed by atoms with Gasteiger partial charge in [0.15, 0.2) is 12.4 Å². The predicted molar refractivity (Wildman–Crippen MR) is 117 cm³/mol. The Labute approximate surface area is 192 Å². The normalized spacial score (nSPS) is 19.3. The number of ether oxygens (including phenoxy) is 1. The van der Waals surface area contributed by atoms with E-state index in [0.717, 1.165) is 32.1 Å². The van der Waals surface area contributed by atoms with E-state index < -0.39 is 36.2 Å². The van der Waals surface area contributed by atoms with Crippen LogP contribution in [-0.2, 0) is 23.9 Å². The van der Waals surface area contributed by atoms with Crippen LogP contribution in [0.15, 0.2) is 24.5 Å². The van der Waals surface area contributed by atoms with Gasteiger partial charge in [-0.15, -0.1) is 0 Å². The first-order valence-corrected chi connectivity index (χ1v) is 11.4. The SMILES string of the molecule is O=C(CNC(=O)C1CCCC1)N[C@@H](C[C@@H]1CCCNC1=O)C(=O)COC(=O)c1cccnc1. The van der Waals surface area contributed by atoms with E-state index in [-0.39, 0.29) is 36.3 Å². The fraction of sp³-hybridized carbons (Fsp3) is 0.565. The highest BCUT2D eigenvalue weighted by Crippen LogP contribution is 2.24. The van der Waals surface area contributed by atoms with Crippen LogP contribution in [0.3, 0.4) is 0 Å². The molecule has 10 heteroatoms. The Hall–Kier alpha value is -3.30. The number of rotatable bonds is 10. The summed E-state index contributed by atoms with van der Waals surface area (Å²) in [6.07, 6.45) is 7.93. The Morgan fingerprint density at radius 3 is 2.64 bits per heavy atom. The molecule has 0 spiro atoms. The van der Waals surface area contributed by atoms with Crippen molar-refractivity contribution in [1.29, 1.82) is 0 Å². The van der Waals surface area contributed by atoms with Gasteiger partial charge in [0.05, 0.1) is 18.2 Å². The largest absolute Gasteiger partial charge is 0.454 e. The average molecular weight is 459 g/mol. The number of carbonyl (C=O) groups excluding carboxylic acids is 5. The van der Waals surface area contributed by atoms with Crippen molar-refractivity contribution in [3.63, 3.8) is 0 Å². The number of Topliss-reactive ketones (excluding diaryl/α,β-unsaturated/α-hetero) is 1. The number of nitrogens with one attached hydrogen (secondary N) is 3. The van der Waals surface area contributed by atoms with Crippen molar-refractivity contribution >= 4 is 29.5 Å². The maximum absolute atomic E-state index is 12.8. The molecule has 10 nitrogen and oxygen atoms in total. The summed E-state index contributed by atoms with van der Waals surface area (Å²) in [5.41, 5.74) is 0.201. The Kier molecular flexibility index (Phi) is 8.91. The number of amides is 3. The quantitative estimate of drug-likeness (QED) is 0.434. The van der Waals surface area contributed by atoms with Gasteiger partial charge in [0.25, 0.3) is 0 Å². The number of pyridine rings is 1. The molecule has 3 amide bonds. The lowest BCUT2D eigenvalue weighted by Gasteiger charge is -2.26. The van der Waals surface area contributed by atoms with Gasteiger partial charge in [0, 0.05) is 30.8 Å². The number of aromatic nitrogens is 1. The third-order valence-corrected chi connectivity index (χ3v) is 6.04. The summed E-state index contributed by atoms with van der Waals surface area (Å²) in [7, 11) is 0. The number of piperidine rings is 1. The van der Waals surface area contributed by atoms with E-state index in [9.17, 15) is 24.0 Å². The standard InChI is InChI=1S/C23H30N4O6/c28-19(14-33-23(32)17-8-3-9-24-12-17)18(11-16-7-4-10-25-22(16)31)27-20(29)13-26-21(30)15-5-1-2-6-15/h3,8-9,12,15-16,18H,1-2,4-7,10-11,13-14H2,(H,25,31)(H,26,30)(H,27,29)/t16-,18-/m0/s1. The number of esters is 1. The van der Waals surface area contributed by atoms with Gasteiger partial charge in [-0.05, 0) is 44.2 Å². The van der Waals surface area contributed by atoms with Gasteiger partial charge in [-0.1, -0.05) is 12.8 Å². The van der Waals surface area contributed by atoms with Gasteiger partial charge >= 0.3 is 5.97 Å². The van der Waals surface area contributed by atoms with Gasteiger partial charge in [0.2, 0.25) is 17.7 Å². The molecule has 3 rings (SSSR count). The molecule has 33 heavy (non-hydrogen) atoms. The molecule has 2 heterocycles. The molecule has 1 saturated carbocycles. The summed E-state index contributed by atoms with van der Waals surface area (Å²) in [6, 6.07) is 2.07. The number of ketones is 1. The highest BCUT2D eigenvalue weighted by atomic mass is 16.5. The van der Waals surface area contributed by atoms with Crippen molar-refractivity contribution in [1.82, 2.24) is 20.9 Å². The van der Waals surface area contributed by atoms with E-state index in [2.05, 4.69) is 20.9 Å². The molecule has 1 aliphatic heterocycles. The molecule has 2 fully saturated rings. The van der Waals surface area contributed by atoms with E-state index in [0.29, 0.717) is 13.0 Å². The summed E-state index contributed by atoms with van der Waals surface area (Å²) in [4.78, 5) is 65.6. The maximum Gasteiger partial charge on any atom is 0.340 e. The van der Waals surface area contributed by atoms with Crippen LogP contribution in [0.1, 0.15) is 55.3 Å². The van der Waals surface area contributed by atoms with E-state index >= 15 is 0 Å². The Balaban J connectivity index is 1.56. The second-order valence-corrected chi connectivity index (χ2v) is 8.47. The molecule has 0 bridgehead atoms. The summed E-state index contributed by atoms with van der Waals surface area (Å²) in [5.74, 6) is -2.61. The van der Waals surface area contributed by atoms with Crippen molar-refractivity contribution in [2.75, 3.05) is 19.7 Å². The van der Waals surface area contributed by atoms with Crippen LogP contribution in [0.5, 0.6) is 0 Å². The fourth-order valence-corrected chi connectivity index (χ4v) is 4.16. The first kappa shape index (κ1) is 24.3. The smallest absolute Gasteiger partial charge is 0.340 e. The lowest BCUT2D eigenvalue weighted by molar-refractivity contribution is -0.132. The van der Waals surface area contributed by atoms with Crippen LogP contribution in [0.4, 0.5) is 0 Å². The van der Waals surface area contributed by atoms with Crippen LogP contribution in [0.25, 0.3) is 0 Å². The van der Waals surface area contributed by atoms with Gasteiger partial charge < -0.3 is 20.7 Å². The highest BCUT2D eigenvalue weighted by Gasteiger charge is 2.31. The van der Waals surface area contributed by atoms with Crippen molar-refractivity contribution < 1.29 is 28.7 Å². The Morgan fingerprint density at radius 1 is 1.15 bits per heavy atom.